The van der Waals surface area contributed by atoms with Gasteiger partial charge in [-0.1, -0.05) is 12.1 Å². The highest BCUT2D eigenvalue weighted by Crippen LogP contribution is 2.34. The van der Waals surface area contributed by atoms with Crippen LogP contribution >= 0.6 is 11.6 Å². The average molecular weight is 374 g/mol. The largest absolute Gasteiger partial charge is 0.344 e. The number of aryl methyl sites for hydroxylation is 1. The van der Waals surface area contributed by atoms with Crippen molar-refractivity contribution in [3.05, 3.63) is 30.1 Å². The summed E-state index contributed by atoms with van der Waals surface area (Å²) < 4.78 is 1.90. The summed E-state index contributed by atoms with van der Waals surface area (Å²) in [6.45, 7) is 0. The van der Waals surface area contributed by atoms with Gasteiger partial charge in [-0.3, -0.25) is 9.59 Å². The van der Waals surface area contributed by atoms with Crippen LogP contribution < -0.4 is 10.6 Å². The van der Waals surface area contributed by atoms with E-state index in [-0.39, 0.29) is 30.5 Å². The molecule has 1 aromatic carbocycles. The average Bonchev–Trinajstić information content (AvgIpc) is 3.33. The minimum absolute atomic E-state index is 0.122. The molecule has 7 nitrogen and oxygen atoms in total. The van der Waals surface area contributed by atoms with E-state index in [9.17, 15) is 14.9 Å². The van der Waals surface area contributed by atoms with E-state index in [0.717, 1.165) is 11.0 Å². The zero-order chi connectivity index (χ0) is 18.7. The van der Waals surface area contributed by atoms with Crippen LogP contribution in [-0.4, -0.2) is 38.8 Å². The first-order chi connectivity index (χ1) is 12.5. The molecule has 1 aliphatic carbocycles. The third-order valence-corrected chi connectivity index (χ3v) is 4.76. The van der Waals surface area contributed by atoms with Crippen LogP contribution in [0.1, 0.15) is 25.1 Å². The number of nitrogens with zero attached hydrogens (tertiary/aromatic N) is 3. The second kappa shape index (κ2) is 7.34. The lowest BCUT2D eigenvalue weighted by molar-refractivity contribution is -0.129. The van der Waals surface area contributed by atoms with Gasteiger partial charge in [-0.25, -0.2) is 4.98 Å². The van der Waals surface area contributed by atoms with Gasteiger partial charge in [-0.15, -0.1) is 11.6 Å². The molecule has 0 aliphatic heterocycles. The van der Waals surface area contributed by atoms with Crippen molar-refractivity contribution in [3.8, 4) is 6.07 Å². The first-order valence-electron chi connectivity index (χ1n) is 8.47. The van der Waals surface area contributed by atoms with Gasteiger partial charge in [0.2, 0.25) is 11.8 Å². The van der Waals surface area contributed by atoms with Gasteiger partial charge < -0.3 is 15.2 Å². The number of amides is 2. The second-order valence-electron chi connectivity index (χ2n) is 6.52. The number of hydrogen-bond donors (Lipinski definition) is 2. The molecule has 2 aromatic rings. The molecule has 1 aromatic heterocycles. The molecule has 3 rings (SSSR count). The number of para-hydroxylation sites is 2. The van der Waals surface area contributed by atoms with E-state index < -0.39 is 11.6 Å². The predicted molar refractivity (Wildman–Crippen MR) is 97.4 cm³/mol. The molecule has 8 heteroatoms. The Morgan fingerprint density at radius 2 is 2.15 bits per heavy atom. The summed E-state index contributed by atoms with van der Waals surface area (Å²) in [5, 5.41) is 14.7. The number of carbonyl (C=O) groups is 2. The topological polar surface area (TPSA) is 99.8 Å². The number of nitriles is 1. The lowest BCUT2D eigenvalue weighted by Gasteiger charge is -2.20. The molecule has 0 radical (unpaired) electrons. The number of halogens is 1. The Kier molecular flexibility index (Phi) is 5.14. The van der Waals surface area contributed by atoms with E-state index >= 15 is 0 Å². The number of fused-ring (bicyclic) bond motifs is 1. The first-order valence-corrected chi connectivity index (χ1v) is 9.00. The Labute approximate surface area is 156 Å². The number of rotatable bonds is 7. The Balaban J connectivity index is 1.82. The normalized spacial score (nSPS) is 15.9. The highest BCUT2D eigenvalue weighted by molar-refractivity contribution is 6.19. The molecule has 26 heavy (non-hydrogen) atoms. The van der Waals surface area contributed by atoms with E-state index in [1.165, 1.54) is 0 Å². The van der Waals surface area contributed by atoms with Gasteiger partial charge in [0, 0.05) is 25.8 Å². The van der Waals surface area contributed by atoms with E-state index in [2.05, 4.69) is 21.7 Å². The van der Waals surface area contributed by atoms with Crippen LogP contribution in [0.2, 0.25) is 0 Å². The fraction of sp³-hybridized carbons (Fsp3) is 0.444. The Bertz CT molecular complexity index is 881. The number of imidazole rings is 1. The quantitative estimate of drug-likeness (QED) is 0.716. The van der Waals surface area contributed by atoms with Crippen LogP contribution in [0.3, 0.4) is 0 Å². The number of alkyl halides is 1. The maximum absolute atomic E-state index is 12.7. The fourth-order valence-electron chi connectivity index (χ4n) is 2.83. The smallest absolute Gasteiger partial charge is 0.244 e. The van der Waals surface area contributed by atoms with E-state index in [4.69, 9.17) is 11.6 Å². The Morgan fingerprint density at radius 3 is 2.77 bits per heavy atom. The van der Waals surface area contributed by atoms with E-state index in [0.29, 0.717) is 18.7 Å². The monoisotopic (exact) mass is 373 g/mol. The highest BCUT2D eigenvalue weighted by Gasteiger charge is 2.45. The molecule has 136 valence electrons. The zero-order valence-electron chi connectivity index (χ0n) is 14.5. The SMILES string of the molecule is Cn1c(C[C@H](NC(=O)CCCl)C(=O)NC2(C#N)CC2)nc2ccccc21. The van der Waals surface area contributed by atoms with Gasteiger partial charge in [-0.05, 0) is 25.0 Å². The van der Waals surface area contributed by atoms with Crippen molar-refractivity contribution in [2.75, 3.05) is 5.88 Å². The summed E-state index contributed by atoms with van der Waals surface area (Å²) in [5.41, 5.74) is 0.982. The molecule has 1 saturated carbocycles. The van der Waals surface area contributed by atoms with Crippen molar-refractivity contribution < 1.29 is 9.59 Å². The predicted octanol–water partition coefficient (Wildman–Crippen LogP) is 1.40. The molecule has 1 aliphatic rings. The third kappa shape index (κ3) is 3.81. The molecular weight excluding hydrogens is 354 g/mol. The standard InChI is InChI=1S/C18H20ClN5O2/c1-24-14-5-3-2-4-12(14)21-15(24)10-13(22-16(25)6-9-19)17(26)23-18(11-20)7-8-18/h2-5,13H,6-10H2,1H3,(H,22,25)(H,23,26)/t13-/m0/s1. The van der Waals surface area contributed by atoms with Crippen LogP contribution in [0, 0.1) is 11.3 Å². The van der Waals surface area contributed by atoms with Gasteiger partial charge in [0.05, 0.1) is 17.1 Å². The molecular formula is C18H20ClN5O2. The van der Waals surface area contributed by atoms with Gasteiger partial charge in [0.1, 0.15) is 17.4 Å². The van der Waals surface area contributed by atoms with Gasteiger partial charge in [-0.2, -0.15) is 5.26 Å². The Morgan fingerprint density at radius 1 is 1.42 bits per heavy atom. The maximum atomic E-state index is 12.7. The molecule has 2 N–H and O–H groups in total. The molecule has 0 spiro atoms. The van der Waals surface area contributed by atoms with Crippen molar-refractivity contribution >= 4 is 34.4 Å². The van der Waals surface area contributed by atoms with Crippen molar-refractivity contribution in [2.24, 2.45) is 7.05 Å². The lowest BCUT2D eigenvalue weighted by atomic mass is 10.1. The van der Waals surface area contributed by atoms with Crippen molar-refractivity contribution in [3.63, 3.8) is 0 Å². The van der Waals surface area contributed by atoms with Crippen LogP contribution in [0.4, 0.5) is 0 Å². The van der Waals surface area contributed by atoms with E-state index in [1.54, 1.807) is 0 Å². The van der Waals surface area contributed by atoms with Crippen molar-refractivity contribution in [1.29, 1.82) is 5.26 Å². The fourth-order valence-corrected chi connectivity index (χ4v) is 3.01. The molecule has 1 fully saturated rings. The summed E-state index contributed by atoms with van der Waals surface area (Å²) in [7, 11) is 1.87. The van der Waals surface area contributed by atoms with Gasteiger partial charge in [0.25, 0.3) is 0 Å². The van der Waals surface area contributed by atoms with E-state index in [1.807, 2.05) is 35.9 Å². The van der Waals surface area contributed by atoms with Gasteiger partial charge in [0.15, 0.2) is 0 Å². The van der Waals surface area contributed by atoms with Crippen molar-refractivity contribution in [1.82, 2.24) is 20.2 Å². The number of hydrogen-bond acceptors (Lipinski definition) is 4. The molecule has 2 amide bonds. The molecule has 0 unspecified atom stereocenters. The first kappa shape index (κ1) is 18.2. The molecule has 1 heterocycles. The van der Waals surface area contributed by atoms with Crippen molar-refractivity contribution in [2.45, 2.75) is 37.3 Å². The van der Waals surface area contributed by atoms with Gasteiger partial charge >= 0.3 is 0 Å². The zero-order valence-corrected chi connectivity index (χ0v) is 15.2. The summed E-state index contributed by atoms with van der Waals surface area (Å²) in [6, 6.07) is 8.98. The summed E-state index contributed by atoms with van der Waals surface area (Å²) >= 11 is 5.62. The number of carbonyl (C=O) groups excluding carboxylic acids is 2. The second-order valence-corrected chi connectivity index (χ2v) is 6.90. The number of benzene rings is 1. The van der Waals surface area contributed by atoms with Crippen LogP contribution in [0.25, 0.3) is 11.0 Å². The summed E-state index contributed by atoms with van der Waals surface area (Å²) in [4.78, 5) is 29.2. The molecule has 0 bridgehead atoms. The lowest BCUT2D eigenvalue weighted by Crippen LogP contribution is -2.51. The number of aromatic nitrogens is 2. The third-order valence-electron chi connectivity index (χ3n) is 4.57. The van der Waals surface area contributed by atoms with Crippen LogP contribution in [0.5, 0.6) is 0 Å². The number of nitrogens with one attached hydrogen (secondary N) is 2. The minimum atomic E-state index is -0.813. The minimum Gasteiger partial charge on any atom is -0.344 e. The summed E-state index contributed by atoms with van der Waals surface area (Å²) in [5.74, 6) is 0.174. The highest BCUT2D eigenvalue weighted by atomic mass is 35.5. The Hall–Kier alpha value is -2.59. The molecule has 0 saturated heterocycles. The summed E-state index contributed by atoms with van der Waals surface area (Å²) in [6.07, 6.45) is 1.61. The van der Waals surface area contributed by atoms with Crippen LogP contribution in [0.15, 0.2) is 24.3 Å². The maximum Gasteiger partial charge on any atom is 0.244 e. The molecule has 1 atom stereocenters. The van der Waals surface area contributed by atoms with Crippen LogP contribution in [-0.2, 0) is 23.1 Å².